The zero-order valence-corrected chi connectivity index (χ0v) is 7.94. The standard InChI is InChI=1S/C6H7NO3S2/c1-3-5(10)7(2-4(8)9)6(11)12-3/h3H,2H2,1H3,(H,8,9)/t3-/m1/s1. The summed E-state index contributed by atoms with van der Waals surface area (Å²) in [4.78, 5) is 22.6. The molecule has 1 aliphatic heterocycles. The molecule has 4 nitrogen and oxygen atoms in total. The lowest BCUT2D eigenvalue weighted by atomic mass is 10.4. The number of thiocarbonyl (C=S) groups is 1. The lowest BCUT2D eigenvalue weighted by molar-refractivity contribution is -0.141. The number of carboxylic acid groups (broad SMARTS) is 1. The van der Waals surface area contributed by atoms with Crippen LogP contribution in [0.25, 0.3) is 0 Å². The van der Waals surface area contributed by atoms with Gasteiger partial charge in [-0.05, 0) is 6.92 Å². The Morgan fingerprint density at radius 3 is 2.75 bits per heavy atom. The van der Waals surface area contributed by atoms with Gasteiger partial charge < -0.3 is 5.11 Å². The van der Waals surface area contributed by atoms with Gasteiger partial charge in [-0.15, -0.1) is 0 Å². The van der Waals surface area contributed by atoms with Crippen LogP contribution in [0.2, 0.25) is 0 Å². The van der Waals surface area contributed by atoms with Crippen LogP contribution in [0.4, 0.5) is 0 Å². The van der Waals surface area contributed by atoms with Gasteiger partial charge in [0.25, 0.3) is 0 Å². The number of thioether (sulfide) groups is 1. The Morgan fingerprint density at radius 2 is 2.42 bits per heavy atom. The molecular formula is C6H7NO3S2. The molecule has 0 aliphatic carbocycles. The Morgan fingerprint density at radius 1 is 1.83 bits per heavy atom. The molecule has 0 bridgehead atoms. The molecule has 0 unspecified atom stereocenters. The number of carboxylic acids is 1. The second-order valence-electron chi connectivity index (χ2n) is 2.34. The van der Waals surface area contributed by atoms with Crippen molar-refractivity contribution >= 4 is 40.2 Å². The minimum atomic E-state index is -1.04. The molecular weight excluding hydrogens is 198 g/mol. The van der Waals surface area contributed by atoms with Crippen LogP contribution in [0.3, 0.4) is 0 Å². The summed E-state index contributed by atoms with van der Waals surface area (Å²) in [7, 11) is 0. The second-order valence-corrected chi connectivity index (χ2v) is 4.32. The second kappa shape index (κ2) is 3.40. The van der Waals surface area contributed by atoms with Gasteiger partial charge in [-0.3, -0.25) is 14.5 Å². The molecule has 6 heteroatoms. The van der Waals surface area contributed by atoms with Gasteiger partial charge in [-0.2, -0.15) is 0 Å². The maximum atomic E-state index is 11.2. The van der Waals surface area contributed by atoms with Gasteiger partial charge >= 0.3 is 5.97 Å². The summed E-state index contributed by atoms with van der Waals surface area (Å²) < 4.78 is 0.356. The van der Waals surface area contributed by atoms with E-state index in [1.807, 2.05) is 0 Å². The van der Waals surface area contributed by atoms with E-state index >= 15 is 0 Å². The molecule has 0 aromatic rings. The third-order valence-electron chi connectivity index (χ3n) is 1.41. The van der Waals surface area contributed by atoms with E-state index in [-0.39, 0.29) is 17.7 Å². The van der Waals surface area contributed by atoms with Crippen LogP contribution in [0.15, 0.2) is 0 Å². The Bertz CT molecular complexity index is 253. The highest BCUT2D eigenvalue weighted by Gasteiger charge is 2.34. The molecule has 1 amide bonds. The Balaban J connectivity index is 2.70. The molecule has 0 aromatic heterocycles. The number of hydrogen-bond donors (Lipinski definition) is 1. The van der Waals surface area contributed by atoms with Crippen LogP contribution in [0, 0.1) is 0 Å². The van der Waals surface area contributed by atoms with Crippen molar-refractivity contribution in [3.8, 4) is 0 Å². The zero-order valence-electron chi connectivity index (χ0n) is 6.31. The van der Waals surface area contributed by atoms with Crippen molar-refractivity contribution in [1.29, 1.82) is 0 Å². The van der Waals surface area contributed by atoms with Gasteiger partial charge in [0.05, 0.1) is 5.25 Å². The van der Waals surface area contributed by atoms with Crippen LogP contribution in [0.1, 0.15) is 6.92 Å². The molecule has 1 atom stereocenters. The lowest BCUT2D eigenvalue weighted by Crippen LogP contribution is -2.35. The molecule has 0 saturated carbocycles. The van der Waals surface area contributed by atoms with Crippen molar-refractivity contribution < 1.29 is 14.7 Å². The van der Waals surface area contributed by atoms with E-state index in [4.69, 9.17) is 17.3 Å². The maximum absolute atomic E-state index is 11.2. The van der Waals surface area contributed by atoms with Crippen molar-refractivity contribution in [3.05, 3.63) is 0 Å². The normalized spacial score (nSPS) is 23.4. The van der Waals surface area contributed by atoms with E-state index in [0.717, 1.165) is 4.90 Å². The van der Waals surface area contributed by atoms with Gasteiger partial charge in [-0.1, -0.05) is 24.0 Å². The number of carbonyl (C=O) groups is 2. The summed E-state index contributed by atoms with van der Waals surface area (Å²) in [5.41, 5.74) is 0. The number of rotatable bonds is 2. The average molecular weight is 205 g/mol. The SMILES string of the molecule is C[C@H]1SC(=S)N(CC(=O)O)C1=O. The largest absolute Gasteiger partial charge is 0.480 e. The number of nitrogens with zero attached hydrogens (tertiary/aromatic N) is 1. The summed E-state index contributed by atoms with van der Waals surface area (Å²) >= 11 is 6.04. The van der Waals surface area contributed by atoms with Crippen molar-refractivity contribution in [2.45, 2.75) is 12.2 Å². The molecule has 1 saturated heterocycles. The van der Waals surface area contributed by atoms with Crippen LogP contribution >= 0.6 is 24.0 Å². The summed E-state index contributed by atoms with van der Waals surface area (Å²) in [6.45, 7) is 1.39. The van der Waals surface area contributed by atoms with Crippen LogP contribution in [0.5, 0.6) is 0 Å². The monoisotopic (exact) mass is 205 g/mol. The Labute approximate surface area is 78.9 Å². The first-order valence-electron chi connectivity index (χ1n) is 3.26. The maximum Gasteiger partial charge on any atom is 0.323 e. The predicted octanol–water partition coefficient (Wildman–Crippen LogP) is 0.320. The summed E-state index contributed by atoms with van der Waals surface area (Å²) in [6.07, 6.45) is 0. The third-order valence-corrected chi connectivity index (χ3v) is 2.89. The quantitative estimate of drug-likeness (QED) is 0.658. The minimum Gasteiger partial charge on any atom is -0.480 e. The first kappa shape index (κ1) is 9.47. The lowest BCUT2D eigenvalue weighted by Gasteiger charge is -2.10. The predicted molar refractivity (Wildman–Crippen MR) is 49.0 cm³/mol. The van der Waals surface area contributed by atoms with Crippen LogP contribution in [-0.2, 0) is 9.59 Å². The fraction of sp³-hybridized carbons (Fsp3) is 0.500. The average Bonchev–Trinajstić information content (AvgIpc) is 2.16. The van der Waals surface area contributed by atoms with Gasteiger partial charge in [0.15, 0.2) is 0 Å². The Hall–Kier alpha value is -0.620. The molecule has 1 aliphatic rings. The number of carbonyl (C=O) groups excluding carboxylic acids is 1. The fourth-order valence-corrected chi connectivity index (χ4v) is 2.25. The molecule has 1 heterocycles. The topological polar surface area (TPSA) is 57.6 Å². The van der Waals surface area contributed by atoms with E-state index in [9.17, 15) is 9.59 Å². The van der Waals surface area contributed by atoms with E-state index in [0.29, 0.717) is 4.32 Å². The molecule has 1 rings (SSSR count). The summed E-state index contributed by atoms with van der Waals surface area (Å²) in [5, 5.41) is 8.19. The summed E-state index contributed by atoms with van der Waals surface area (Å²) in [5.74, 6) is -1.26. The van der Waals surface area contributed by atoms with E-state index in [2.05, 4.69) is 0 Å². The van der Waals surface area contributed by atoms with Crippen molar-refractivity contribution in [1.82, 2.24) is 4.90 Å². The number of hydrogen-bond acceptors (Lipinski definition) is 4. The van der Waals surface area contributed by atoms with Crippen molar-refractivity contribution in [3.63, 3.8) is 0 Å². The minimum absolute atomic E-state index is 0.215. The number of aliphatic carboxylic acids is 1. The zero-order chi connectivity index (χ0) is 9.30. The van der Waals surface area contributed by atoms with Gasteiger partial charge in [0.2, 0.25) is 5.91 Å². The molecule has 0 aromatic carbocycles. The number of amides is 1. The fourth-order valence-electron chi connectivity index (χ4n) is 0.852. The van der Waals surface area contributed by atoms with Gasteiger partial charge in [0, 0.05) is 0 Å². The first-order chi connectivity index (χ1) is 5.52. The van der Waals surface area contributed by atoms with Gasteiger partial charge in [0.1, 0.15) is 10.9 Å². The van der Waals surface area contributed by atoms with Gasteiger partial charge in [-0.25, -0.2) is 0 Å². The van der Waals surface area contributed by atoms with E-state index < -0.39 is 5.97 Å². The third kappa shape index (κ3) is 1.75. The highest BCUT2D eigenvalue weighted by Crippen LogP contribution is 2.26. The van der Waals surface area contributed by atoms with E-state index in [1.165, 1.54) is 11.8 Å². The molecule has 66 valence electrons. The van der Waals surface area contributed by atoms with Crippen LogP contribution < -0.4 is 0 Å². The molecule has 12 heavy (non-hydrogen) atoms. The van der Waals surface area contributed by atoms with Crippen LogP contribution in [-0.4, -0.2) is 38.0 Å². The smallest absolute Gasteiger partial charge is 0.323 e. The molecule has 1 N–H and O–H groups in total. The van der Waals surface area contributed by atoms with E-state index in [1.54, 1.807) is 6.92 Å². The highest BCUT2D eigenvalue weighted by atomic mass is 32.2. The van der Waals surface area contributed by atoms with Crippen molar-refractivity contribution in [2.75, 3.05) is 6.54 Å². The highest BCUT2D eigenvalue weighted by molar-refractivity contribution is 8.24. The summed E-state index contributed by atoms with van der Waals surface area (Å²) in [6, 6.07) is 0. The molecule has 0 spiro atoms. The first-order valence-corrected chi connectivity index (χ1v) is 4.55. The molecule has 1 fully saturated rings. The molecule has 0 radical (unpaired) electrons. The Kier molecular flexibility index (Phi) is 2.69. The van der Waals surface area contributed by atoms with Crippen molar-refractivity contribution in [2.24, 2.45) is 0 Å².